The number of carbonyl (C=O) groups excluding carboxylic acids is 1. The number of benzene rings is 2. The van der Waals surface area contributed by atoms with E-state index in [0.717, 1.165) is 29.2 Å². The summed E-state index contributed by atoms with van der Waals surface area (Å²) in [6, 6.07) is 12.1. The third kappa shape index (κ3) is 4.59. The number of hydrogen-bond donors (Lipinski definition) is 2. The molecule has 1 aromatic heterocycles. The molecule has 0 aliphatic heterocycles. The Hall–Kier alpha value is -3.80. The van der Waals surface area contributed by atoms with Gasteiger partial charge in [0, 0.05) is 23.1 Å². The Morgan fingerprint density at radius 3 is 2.50 bits per heavy atom. The van der Waals surface area contributed by atoms with Gasteiger partial charge in [-0.1, -0.05) is 23.2 Å². The van der Waals surface area contributed by atoms with Crippen LogP contribution in [-0.2, 0) is 4.79 Å². The first-order valence-electron chi connectivity index (χ1n) is 9.17. The number of phenols is 1. The van der Waals surface area contributed by atoms with E-state index in [1.54, 1.807) is 18.2 Å². The van der Waals surface area contributed by atoms with Crippen LogP contribution in [0.2, 0.25) is 10.0 Å². The van der Waals surface area contributed by atoms with Gasteiger partial charge < -0.3 is 15.0 Å². The molecule has 2 N–H and O–H groups in total. The van der Waals surface area contributed by atoms with E-state index in [-0.39, 0.29) is 16.9 Å². The zero-order chi connectivity index (χ0) is 23.6. The van der Waals surface area contributed by atoms with Gasteiger partial charge in [-0.15, -0.1) is 0 Å². The van der Waals surface area contributed by atoms with Gasteiger partial charge in [0.15, 0.2) is 0 Å². The second kappa shape index (κ2) is 9.14. The molecule has 1 amide bonds. The summed E-state index contributed by atoms with van der Waals surface area (Å²) in [5.74, 6) is -1.25. The number of amides is 1. The summed E-state index contributed by atoms with van der Waals surface area (Å²) in [5, 5.41) is 33.4. The molecule has 8 nitrogen and oxygen atoms in total. The number of nitrogens with zero attached hydrogens (tertiary/aromatic N) is 3. The molecule has 0 saturated heterocycles. The maximum absolute atomic E-state index is 12.6. The highest BCUT2D eigenvalue weighted by Gasteiger charge is 2.17. The Labute approximate surface area is 193 Å². The van der Waals surface area contributed by atoms with Crippen LogP contribution < -0.4 is 5.32 Å². The molecule has 32 heavy (non-hydrogen) atoms. The number of aryl methyl sites for hydroxylation is 1. The molecule has 0 unspecified atom stereocenters. The number of nitrogens with one attached hydrogen (secondary N) is 1. The van der Waals surface area contributed by atoms with E-state index in [4.69, 9.17) is 23.2 Å². The van der Waals surface area contributed by atoms with Gasteiger partial charge in [0.1, 0.15) is 17.4 Å². The van der Waals surface area contributed by atoms with E-state index in [0.29, 0.717) is 15.6 Å². The highest BCUT2D eigenvalue weighted by Crippen LogP contribution is 2.30. The van der Waals surface area contributed by atoms with Crippen LogP contribution in [-0.4, -0.2) is 20.5 Å². The first kappa shape index (κ1) is 22.9. The number of nitro groups is 1. The van der Waals surface area contributed by atoms with Crippen molar-refractivity contribution in [2.45, 2.75) is 13.8 Å². The Kier molecular flexibility index (Phi) is 6.53. The minimum absolute atomic E-state index is 0.0528. The lowest BCUT2D eigenvalue weighted by molar-refractivity contribution is -0.384. The maximum atomic E-state index is 12.6. The number of aromatic hydroxyl groups is 1. The summed E-state index contributed by atoms with van der Waals surface area (Å²) >= 11 is 12.1. The molecule has 10 heteroatoms. The van der Waals surface area contributed by atoms with Crippen molar-refractivity contribution in [1.82, 2.24) is 4.57 Å². The van der Waals surface area contributed by atoms with E-state index < -0.39 is 16.6 Å². The van der Waals surface area contributed by atoms with Crippen molar-refractivity contribution in [2.24, 2.45) is 0 Å². The van der Waals surface area contributed by atoms with Crippen molar-refractivity contribution in [1.29, 1.82) is 5.26 Å². The second-order valence-electron chi connectivity index (χ2n) is 6.84. The summed E-state index contributed by atoms with van der Waals surface area (Å²) in [7, 11) is 0. The van der Waals surface area contributed by atoms with Crippen molar-refractivity contribution in [3.8, 4) is 17.5 Å². The predicted molar refractivity (Wildman–Crippen MR) is 122 cm³/mol. The molecule has 2 aromatic carbocycles. The number of rotatable bonds is 5. The average molecular weight is 471 g/mol. The van der Waals surface area contributed by atoms with Crippen LogP contribution in [0.5, 0.6) is 5.75 Å². The van der Waals surface area contributed by atoms with Crippen molar-refractivity contribution < 1.29 is 14.8 Å². The number of phenolic OH excluding ortho intramolecular Hbond substituents is 1. The predicted octanol–water partition coefficient (Wildman–Crippen LogP) is 5.56. The molecule has 0 fully saturated rings. The van der Waals surface area contributed by atoms with Crippen LogP contribution in [0, 0.1) is 35.3 Å². The summed E-state index contributed by atoms with van der Waals surface area (Å²) in [6.45, 7) is 3.70. The highest BCUT2D eigenvalue weighted by atomic mass is 35.5. The average Bonchev–Trinajstić information content (AvgIpc) is 3.02. The fourth-order valence-corrected chi connectivity index (χ4v) is 3.48. The van der Waals surface area contributed by atoms with Gasteiger partial charge in [0.25, 0.3) is 11.6 Å². The van der Waals surface area contributed by atoms with Gasteiger partial charge in [-0.05, 0) is 55.8 Å². The van der Waals surface area contributed by atoms with Gasteiger partial charge in [-0.2, -0.15) is 5.26 Å². The monoisotopic (exact) mass is 470 g/mol. The Morgan fingerprint density at radius 2 is 1.91 bits per heavy atom. The van der Waals surface area contributed by atoms with Crippen LogP contribution in [0.1, 0.15) is 17.0 Å². The van der Waals surface area contributed by atoms with Crippen molar-refractivity contribution in [2.75, 3.05) is 5.32 Å². The van der Waals surface area contributed by atoms with Crippen molar-refractivity contribution >= 4 is 46.6 Å². The Bertz CT molecular complexity index is 1320. The second-order valence-corrected chi connectivity index (χ2v) is 7.66. The van der Waals surface area contributed by atoms with Gasteiger partial charge in [-0.25, -0.2) is 0 Å². The minimum Gasteiger partial charge on any atom is -0.506 e. The first-order chi connectivity index (χ1) is 15.1. The molecule has 0 atom stereocenters. The van der Waals surface area contributed by atoms with Crippen molar-refractivity contribution in [3.63, 3.8) is 0 Å². The molecule has 3 rings (SSSR count). The molecule has 1 heterocycles. The number of nitro benzene ring substituents is 1. The summed E-state index contributed by atoms with van der Waals surface area (Å²) in [4.78, 5) is 22.7. The lowest BCUT2D eigenvalue weighted by Gasteiger charge is -2.11. The SMILES string of the molecule is Cc1cc(/C=C(\C#N)C(=O)Nc2ccc([N+](=O)[O-])cc2O)c(C)n1-c1ccc(Cl)c(Cl)c1. The summed E-state index contributed by atoms with van der Waals surface area (Å²) in [5.41, 5.74) is 2.42. The lowest BCUT2D eigenvalue weighted by Crippen LogP contribution is -2.13. The van der Waals surface area contributed by atoms with E-state index in [1.165, 1.54) is 12.1 Å². The molecule has 0 spiro atoms. The number of hydrogen-bond acceptors (Lipinski definition) is 5. The molecular formula is C22H16Cl2N4O4. The van der Waals surface area contributed by atoms with E-state index in [2.05, 4.69) is 5.32 Å². The minimum atomic E-state index is -0.768. The zero-order valence-corrected chi connectivity index (χ0v) is 18.4. The summed E-state index contributed by atoms with van der Waals surface area (Å²) in [6.07, 6.45) is 1.42. The zero-order valence-electron chi connectivity index (χ0n) is 16.9. The lowest BCUT2D eigenvalue weighted by atomic mass is 10.1. The van der Waals surface area contributed by atoms with E-state index >= 15 is 0 Å². The number of nitriles is 1. The third-order valence-corrected chi connectivity index (χ3v) is 5.48. The fraction of sp³-hybridized carbons (Fsp3) is 0.0909. The van der Waals surface area contributed by atoms with Crippen LogP contribution in [0.25, 0.3) is 11.8 Å². The topological polar surface area (TPSA) is 121 Å². The highest BCUT2D eigenvalue weighted by molar-refractivity contribution is 6.42. The fourth-order valence-electron chi connectivity index (χ4n) is 3.19. The first-order valence-corrected chi connectivity index (χ1v) is 9.93. The molecule has 0 saturated carbocycles. The molecule has 162 valence electrons. The molecule has 0 aliphatic rings. The molecule has 0 aliphatic carbocycles. The number of anilines is 1. The summed E-state index contributed by atoms with van der Waals surface area (Å²) < 4.78 is 1.91. The molecule has 3 aromatic rings. The van der Waals surface area contributed by atoms with Crippen LogP contribution in [0.3, 0.4) is 0 Å². The Morgan fingerprint density at radius 1 is 1.19 bits per heavy atom. The smallest absolute Gasteiger partial charge is 0.273 e. The van der Waals surface area contributed by atoms with E-state index in [9.17, 15) is 25.3 Å². The molecule has 0 bridgehead atoms. The number of carbonyl (C=O) groups is 1. The number of aromatic nitrogens is 1. The number of non-ortho nitro benzene ring substituents is 1. The van der Waals surface area contributed by atoms with Gasteiger partial charge in [-0.3, -0.25) is 14.9 Å². The maximum Gasteiger partial charge on any atom is 0.273 e. The van der Waals surface area contributed by atoms with Gasteiger partial charge in [0.05, 0.1) is 26.7 Å². The largest absolute Gasteiger partial charge is 0.506 e. The number of halogens is 2. The normalized spacial score (nSPS) is 11.2. The van der Waals surface area contributed by atoms with Gasteiger partial charge in [0.2, 0.25) is 0 Å². The van der Waals surface area contributed by atoms with Crippen LogP contribution in [0.4, 0.5) is 11.4 Å². The standard InChI is InChI=1S/C22H16Cl2N4O4/c1-12-7-14(13(2)27(12)16-3-5-18(23)19(24)9-16)8-15(11-25)22(30)26-20-6-4-17(28(31)32)10-21(20)29/h3-10,29H,1-2H3,(H,26,30)/b15-8+. The molecular weight excluding hydrogens is 455 g/mol. The Balaban J connectivity index is 1.93. The van der Waals surface area contributed by atoms with Crippen LogP contribution >= 0.6 is 23.2 Å². The van der Waals surface area contributed by atoms with Gasteiger partial charge >= 0.3 is 0 Å². The third-order valence-electron chi connectivity index (χ3n) is 4.74. The van der Waals surface area contributed by atoms with Crippen molar-refractivity contribution in [3.05, 3.63) is 85.1 Å². The molecule has 0 radical (unpaired) electrons. The quantitative estimate of drug-likeness (QED) is 0.166. The van der Waals surface area contributed by atoms with Crippen LogP contribution in [0.15, 0.2) is 48.0 Å². The van der Waals surface area contributed by atoms with E-state index in [1.807, 2.05) is 30.6 Å².